The van der Waals surface area contributed by atoms with Gasteiger partial charge in [-0.2, -0.15) is 4.31 Å². The van der Waals surface area contributed by atoms with Crippen LogP contribution in [-0.4, -0.2) is 48.1 Å². The molecule has 0 N–H and O–H groups in total. The second-order valence-corrected chi connectivity index (χ2v) is 11.5. The van der Waals surface area contributed by atoms with Gasteiger partial charge in [-0.3, -0.25) is 0 Å². The number of sulfonamides is 1. The molecular formula is C23H28BrN3O3S2. The normalized spacial score (nSPS) is 16.9. The van der Waals surface area contributed by atoms with Crippen LogP contribution in [0.2, 0.25) is 0 Å². The van der Waals surface area contributed by atoms with Crippen molar-refractivity contribution in [3.05, 3.63) is 52.5 Å². The first-order chi connectivity index (χ1) is 15.4. The lowest BCUT2D eigenvalue weighted by atomic mass is 10.2. The molecule has 1 fully saturated rings. The lowest BCUT2D eigenvalue weighted by Crippen LogP contribution is -2.30. The summed E-state index contributed by atoms with van der Waals surface area (Å²) in [7, 11) is -3.53. The molecule has 1 aliphatic heterocycles. The van der Waals surface area contributed by atoms with Crippen LogP contribution in [0.5, 0.6) is 0 Å². The van der Waals surface area contributed by atoms with E-state index in [4.69, 9.17) is 9.72 Å². The van der Waals surface area contributed by atoms with Crippen molar-refractivity contribution in [3.8, 4) is 0 Å². The quantitative estimate of drug-likeness (QED) is 0.346. The van der Waals surface area contributed by atoms with E-state index in [9.17, 15) is 8.42 Å². The highest BCUT2D eigenvalue weighted by Crippen LogP contribution is 2.32. The molecule has 9 heteroatoms. The van der Waals surface area contributed by atoms with Gasteiger partial charge in [-0.05, 0) is 42.7 Å². The molecule has 0 amide bonds. The zero-order valence-corrected chi connectivity index (χ0v) is 21.5. The first-order valence-corrected chi connectivity index (χ1v) is 14.1. The van der Waals surface area contributed by atoms with Crippen LogP contribution in [0.1, 0.15) is 32.3 Å². The van der Waals surface area contributed by atoms with Crippen LogP contribution in [0.15, 0.2) is 57.0 Å². The van der Waals surface area contributed by atoms with Crippen LogP contribution < -0.4 is 0 Å². The maximum atomic E-state index is 13.0. The summed E-state index contributed by atoms with van der Waals surface area (Å²) >= 11 is 5.28. The van der Waals surface area contributed by atoms with Gasteiger partial charge in [0.2, 0.25) is 10.0 Å². The standard InChI is InChI=1S/C23H28BrN3O3S2/c1-3-26(4-2)32(28,29)19-11-12-22-21(14-19)25-23(27(22)15-18-9-7-13-30-18)31-16-17-8-5-6-10-20(17)24/h5-6,8,10-12,14,18H,3-4,7,9,13,15-16H2,1-2H3. The van der Waals surface area contributed by atoms with Crippen molar-refractivity contribution in [1.82, 2.24) is 13.9 Å². The molecule has 0 bridgehead atoms. The number of rotatable bonds is 9. The fraction of sp³-hybridized carbons (Fsp3) is 0.435. The molecule has 1 atom stereocenters. The van der Waals surface area contributed by atoms with Crippen molar-refractivity contribution < 1.29 is 13.2 Å². The Balaban J connectivity index is 1.71. The van der Waals surface area contributed by atoms with Crippen molar-refractivity contribution in [3.63, 3.8) is 0 Å². The van der Waals surface area contributed by atoms with Gasteiger partial charge in [0.05, 0.1) is 28.6 Å². The van der Waals surface area contributed by atoms with E-state index in [0.717, 1.165) is 46.9 Å². The predicted octanol–water partition coefficient (Wildman–Crippen LogP) is 5.30. The fourth-order valence-corrected chi connectivity index (χ4v) is 7.11. The van der Waals surface area contributed by atoms with E-state index in [1.54, 1.807) is 23.9 Å². The minimum atomic E-state index is -3.53. The lowest BCUT2D eigenvalue weighted by molar-refractivity contribution is 0.0960. The topological polar surface area (TPSA) is 64.4 Å². The first-order valence-electron chi connectivity index (χ1n) is 10.9. The van der Waals surface area contributed by atoms with Gasteiger partial charge in [-0.1, -0.05) is 59.7 Å². The van der Waals surface area contributed by atoms with Gasteiger partial charge in [-0.15, -0.1) is 0 Å². The summed E-state index contributed by atoms with van der Waals surface area (Å²) in [5.41, 5.74) is 2.83. The highest BCUT2D eigenvalue weighted by Gasteiger charge is 2.24. The number of fused-ring (bicyclic) bond motifs is 1. The number of aromatic nitrogens is 2. The molecule has 1 aliphatic rings. The highest BCUT2D eigenvalue weighted by molar-refractivity contribution is 9.10. The third kappa shape index (κ3) is 4.92. The van der Waals surface area contributed by atoms with Gasteiger partial charge >= 0.3 is 0 Å². The molecule has 3 aromatic rings. The Labute approximate surface area is 202 Å². The van der Waals surface area contributed by atoms with E-state index in [-0.39, 0.29) is 11.0 Å². The number of thioether (sulfide) groups is 1. The minimum Gasteiger partial charge on any atom is -0.376 e. The Morgan fingerprint density at radius 3 is 2.69 bits per heavy atom. The fourth-order valence-electron chi connectivity index (χ4n) is 4.00. The van der Waals surface area contributed by atoms with Gasteiger partial charge in [-0.25, -0.2) is 13.4 Å². The first kappa shape index (κ1) is 23.8. The van der Waals surface area contributed by atoms with Crippen molar-refractivity contribution in [2.75, 3.05) is 19.7 Å². The molecule has 1 unspecified atom stereocenters. The summed E-state index contributed by atoms with van der Waals surface area (Å²) in [5.74, 6) is 0.765. The average molecular weight is 539 g/mol. The number of imidazole rings is 1. The summed E-state index contributed by atoms with van der Waals surface area (Å²) in [6.45, 7) is 6.10. The smallest absolute Gasteiger partial charge is 0.243 e. The maximum absolute atomic E-state index is 13.0. The third-order valence-corrected chi connectivity index (χ3v) is 9.60. The Kier molecular flexibility index (Phi) is 7.62. The Hall–Kier alpha value is -1.39. The summed E-state index contributed by atoms with van der Waals surface area (Å²) < 4.78 is 36.6. The van der Waals surface area contributed by atoms with Crippen molar-refractivity contribution in [2.24, 2.45) is 0 Å². The van der Waals surface area contributed by atoms with Crippen molar-refractivity contribution in [1.29, 1.82) is 0 Å². The summed E-state index contributed by atoms with van der Waals surface area (Å²) in [4.78, 5) is 5.15. The molecule has 0 radical (unpaired) electrons. The molecule has 1 saturated heterocycles. The number of hydrogen-bond donors (Lipinski definition) is 0. The predicted molar refractivity (Wildman–Crippen MR) is 133 cm³/mol. The molecule has 32 heavy (non-hydrogen) atoms. The molecular weight excluding hydrogens is 510 g/mol. The van der Waals surface area contributed by atoms with E-state index in [1.807, 2.05) is 38.1 Å². The van der Waals surface area contributed by atoms with Crippen LogP contribution >= 0.6 is 27.7 Å². The molecule has 2 heterocycles. The number of benzene rings is 2. The van der Waals surface area contributed by atoms with Crippen LogP contribution in [0, 0.1) is 0 Å². The van der Waals surface area contributed by atoms with E-state index in [2.05, 4.69) is 26.6 Å². The summed E-state index contributed by atoms with van der Waals surface area (Å²) in [6, 6.07) is 13.5. The van der Waals surface area contributed by atoms with E-state index >= 15 is 0 Å². The van der Waals surface area contributed by atoms with Gasteiger partial charge in [0, 0.05) is 29.9 Å². The van der Waals surface area contributed by atoms with Gasteiger partial charge < -0.3 is 9.30 Å². The second-order valence-electron chi connectivity index (χ2n) is 7.76. The van der Waals surface area contributed by atoms with Gasteiger partial charge in [0.15, 0.2) is 5.16 Å². The van der Waals surface area contributed by atoms with Crippen molar-refractivity contribution in [2.45, 2.75) is 55.1 Å². The molecule has 2 aromatic carbocycles. The monoisotopic (exact) mass is 537 g/mol. The Bertz CT molecular complexity index is 1190. The molecule has 0 spiro atoms. The summed E-state index contributed by atoms with van der Waals surface area (Å²) in [5, 5.41) is 0.878. The summed E-state index contributed by atoms with van der Waals surface area (Å²) in [6.07, 6.45) is 2.26. The Morgan fingerprint density at radius 2 is 2.00 bits per heavy atom. The number of hydrogen-bond acceptors (Lipinski definition) is 5. The SMILES string of the molecule is CCN(CC)S(=O)(=O)c1ccc2c(c1)nc(SCc1ccccc1Br)n2CC1CCCO1. The van der Waals surface area contributed by atoms with Crippen LogP contribution in [0.3, 0.4) is 0 Å². The molecule has 1 aromatic heterocycles. The number of ether oxygens (including phenoxy) is 1. The molecule has 6 nitrogen and oxygen atoms in total. The van der Waals surface area contributed by atoms with E-state index in [0.29, 0.717) is 18.6 Å². The van der Waals surface area contributed by atoms with Crippen LogP contribution in [-0.2, 0) is 27.1 Å². The van der Waals surface area contributed by atoms with Crippen LogP contribution in [0.4, 0.5) is 0 Å². The van der Waals surface area contributed by atoms with Crippen LogP contribution in [0.25, 0.3) is 11.0 Å². The molecule has 4 rings (SSSR count). The van der Waals surface area contributed by atoms with Crippen molar-refractivity contribution >= 4 is 48.7 Å². The third-order valence-electron chi connectivity index (χ3n) is 5.75. The second kappa shape index (κ2) is 10.3. The highest BCUT2D eigenvalue weighted by atomic mass is 79.9. The largest absolute Gasteiger partial charge is 0.376 e. The van der Waals surface area contributed by atoms with E-state index in [1.165, 1.54) is 9.87 Å². The van der Waals surface area contributed by atoms with E-state index < -0.39 is 10.0 Å². The average Bonchev–Trinajstić information content (AvgIpc) is 3.42. The maximum Gasteiger partial charge on any atom is 0.243 e. The zero-order valence-electron chi connectivity index (χ0n) is 18.3. The zero-order chi connectivity index (χ0) is 22.7. The van der Waals surface area contributed by atoms with Gasteiger partial charge in [0.1, 0.15) is 0 Å². The number of nitrogens with zero attached hydrogens (tertiary/aromatic N) is 3. The molecule has 0 saturated carbocycles. The Morgan fingerprint density at radius 1 is 1.22 bits per heavy atom. The lowest BCUT2D eigenvalue weighted by Gasteiger charge is -2.18. The number of halogens is 1. The van der Waals surface area contributed by atoms with Gasteiger partial charge in [0.25, 0.3) is 0 Å². The molecule has 172 valence electrons. The minimum absolute atomic E-state index is 0.161. The molecule has 0 aliphatic carbocycles.